The van der Waals surface area contributed by atoms with Crippen LogP contribution in [0.5, 0.6) is 5.88 Å². The number of ether oxygens (including phenoxy) is 1. The smallest absolute Gasteiger partial charge is 0.264 e. The van der Waals surface area contributed by atoms with Gasteiger partial charge < -0.3 is 10.5 Å². The molecule has 0 fully saturated rings. The number of aryl methyl sites for hydroxylation is 1. The molecule has 2 rings (SSSR count). The van der Waals surface area contributed by atoms with Gasteiger partial charge in [0.15, 0.2) is 5.82 Å². The molecule has 3 N–H and O–H groups in total. The normalized spacial score (nSPS) is 10.3. The summed E-state index contributed by atoms with van der Waals surface area (Å²) >= 11 is 0. The van der Waals surface area contributed by atoms with Crippen molar-refractivity contribution in [3.05, 3.63) is 41.1 Å². The van der Waals surface area contributed by atoms with Gasteiger partial charge in [-0.05, 0) is 19.1 Å². The number of methoxy groups -OCH3 is 1. The molecule has 2 aromatic rings. The number of carbonyl (C=O) groups excluding carboxylic acids is 1. The van der Waals surface area contributed by atoms with Gasteiger partial charge >= 0.3 is 0 Å². The number of rotatable bonds is 3. The predicted molar refractivity (Wildman–Crippen MR) is 72.0 cm³/mol. The van der Waals surface area contributed by atoms with Crippen molar-refractivity contribution in [2.24, 2.45) is 0 Å². The molecule has 8 heteroatoms. The topological polar surface area (TPSA) is 90.1 Å². The molecular weight excluding hydrogens is 282 g/mol. The largest absolute Gasteiger partial charge is 0.481 e. The van der Waals surface area contributed by atoms with Gasteiger partial charge in [-0.2, -0.15) is 4.98 Å². The highest BCUT2D eigenvalue weighted by atomic mass is 19.1. The first-order chi connectivity index (χ1) is 9.92. The molecule has 0 spiro atoms. The molecule has 6 nitrogen and oxygen atoms in total. The quantitative estimate of drug-likeness (QED) is 0.844. The summed E-state index contributed by atoms with van der Waals surface area (Å²) < 4.78 is 32.3. The first-order valence-corrected chi connectivity index (χ1v) is 5.87. The highest BCUT2D eigenvalue weighted by Gasteiger charge is 2.20. The van der Waals surface area contributed by atoms with E-state index in [9.17, 15) is 13.6 Å². The molecule has 1 heterocycles. The third kappa shape index (κ3) is 3.04. The van der Waals surface area contributed by atoms with Gasteiger partial charge in [0, 0.05) is 11.8 Å². The van der Waals surface area contributed by atoms with Crippen molar-refractivity contribution >= 4 is 17.5 Å². The number of nitrogens with one attached hydrogen (secondary N) is 1. The third-order valence-electron chi connectivity index (χ3n) is 2.61. The van der Waals surface area contributed by atoms with E-state index in [0.29, 0.717) is 5.69 Å². The van der Waals surface area contributed by atoms with Crippen LogP contribution in [0.15, 0.2) is 18.2 Å². The molecule has 0 saturated heterocycles. The van der Waals surface area contributed by atoms with E-state index < -0.39 is 23.1 Å². The van der Waals surface area contributed by atoms with Crippen molar-refractivity contribution in [3.63, 3.8) is 0 Å². The molecule has 0 bridgehead atoms. The van der Waals surface area contributed by atoms with Gasteiger partial charge in [0.05, 0.1) is 12.8 Å². The molecule has 0 saturated carbocycles. The fourth-order valence-corrected chi connectivity index (χ4v) is 1.64. The van der Waals surface area contributed by atoms with Crippen molar-refractivity contribution in [1.82, 2.24) is 9.97 Å². The summed E-state index contributed by atoms with van der Waals surface area (Å²) in [5.74, 6) is -3.11. The molecule has 0 atom stereocenters. The summed E-state index contributed by atoms with van der Waals surface area (Å²) in [7, 11) is 1.39. The Bertz CT molecular complexity index is 707. The van der Waals surface area contributed by atoms with Crippen LogP contribution in [0.4, 0.5) is 20.4 Å². The van der Waals surface area contributed by atoms with Crippen molar-refractivity contribution in [2.75, 3.05) is 18.2 Å². The lowest BCUT2D eigenvalue weighted by atomic mass is 10.1. The minimum Gasteiger partial charge on any atom is -0.481 e. The fourth-order valence-electron chi connectivity index (χ4n) is 1.64. The molecule has 0 aliphatic carbocycles. The summed E-state index contributed by atoms with van der Waals surface area (Å²) in [5, 5.41) is 2.21. The van der Waals surface area contributed by atoms with Gasteiger partial charge in [-0.15, -0.1) is 0 Å². The number of nitrogen functional groups attached to an aromatic ring is 1. The first kappa shape index (κ1) is 14.6. The summed E-state index contributed by atoms with van der Waals surface area (Å²) in [5.41, 5.74) is 4.71. The fraction of sp³-hybridized carbons (Fsp3) is 0.154. The summed E-state index contributed by atoms with van der Waals surface area (Å²) in [4.78, 5) is 19.7. The van der Waals surface area contributed by atoms with E-state index in [0.717, 1.165) is 12.1 Å². The van der Waals surface area contributed by atoms with Crippen molar-refractivity contribution in [3.8, 4) is 5.88 Å². The van der Waals surface area contributed by atoms with E-state index in [1.165, 1.54) is 13.2 Å². The Labute approximate surface area is 119 Å². The molecule has 110 valence electrons. The van der Waals surface area contributed by atoms with Crippen LogP contribution in [0.1, 0.15) is 16.1 Å². The second-order valence-electron chi connectivity index (χ2n) is 4.16. The highest BCUT2D eigenvalue weighted by molar-refractivity contribution is 6.04. The van der Waals surface area contributed by atoms with E-state index in [-0.39, 0.29) is 17.5 Å². The van der Waals surface area contributed by atoms with Gasteiger partial charge in [0.25, 0.3) is 5.91 Å². The molecule has 0 unspecified atom stereocenters. The van der Waals surface area contributed by atoms with Gasteiger partial charge in [-0.1, -0.05) is 0 Å². The monoisotopic (exact) mass is 294 g/mol. The van der Waals surface area contributed by atoms with Crippen LogP contribution in [-0.2, 0) is 0 Å². The summed E-state index contributed by atoms with van der Waals surface area (Å²) in [6.45, 7) is 1.65. The van der Waals surface area contributed by atoms with Crippen molar-refractivity contribution in [1.29, 1.82) is 0 Å². The Morgan fingerprint density at radius 1 is 1.33 bits per heavy atom. The van der Waals surface area contributed by atoms with Gasteiger partial charge in [-0.3, -0.25) is 10.1 Å². The molecule has 0 aliphatic rings. The number of nitrogens with zero attached hydrogens (tertiary/aromatic N) is 2. The molecule has 1 aromatic carbocycles. The lowest BCUT2D eigenvalue weighted by molar-refractivity contribution is 0.101. The Morgan fingerprint density at radius 3 is 2.71 bits per heavy atom. The maximum absolute atomic E-state index is 13.7. The zero-order chi connectivity index (χ0) is 15.6. The second-order valence-corrected chi connectivity index (χ2v) is 4.16. The van der Waals surface area contributed by atoms with Crippen LogP contribution in [0.2, 0.25) is 0 Å². The summed E-state index contributed by atoms with van der Waals surface area (Å²) in [6, 6.07) is 3.48. The number of benzene rings is 1. The van der Waals surface area contributed by atoms with E-state index in [4.69, 9.17) is 10.5 Å². The Kier molecular flexibility index (Phi) is 3.97. The number of hydrogen-bond acceptors (Lipinski definition) is 5. The highest BCUT2D eigenvalue weighted by Crippen LogP contribution is 2.20. The third-order valence-corrected chi connectivity index (χ3v) is 2.61. The number of nitrogens with two attached hydrogens (primary N) is 1. The molecule has 1 aromatic heterocycles. The van der Waals surface area contributed by atoms with E-state index in [1.807, 2.05) is 0 Å². The second kappa shape index (κ2) is 5.70. The molecule has 21 heavy (non-hydrogen) atoms. The number of carbonyl (C=O) groups is 1. The summed E-state index contributed by atoms with van der Waals surface area (Å²) in [6.07, 6.45) is 0. The average Bonchev–Trinajstić information content (AvgIpc) is 2.42. The number of hydrogen-bond donors (Lipinski definition) is 2. The lowest BCUT2D eigenvalue weighted by Crippen LogP contribution is -2.18. The predicted octanol–water partition coefficient (Wildman–Crippen LogP) is 1.91. The SMILES string of the molecule is COc1cc(C)nc(NC(=O)c2c(F)ccc(N)c2F)n1. The maximum Gasteiger partial charge on any atom is 0.264 e. The zero-order valence-corrected chi connectivity index (χ0v) is 11.3. The van der Waals surface area contributed by atoms with Crippen LogP contribution in [0.3, 0.4) is 0 Å². The maximum atomic E-state index is 13.7. The van der Waals surface area contributed by atoms with Crippen LogP contribution >= 0.6 is 0 Å². The standard InChI is InChI=1S/C13H12F2N4O2/c1-6-5-9(21-2)18-13(17-6)19-12(20)10-7(14)3-4-8(16)11(10)15/h3-5H,16H2,1-2H3,(H,17,18,19,20). The van der Waals surface area contributed by atoms with Crippen molar-refractivity contribution < 1.29 is 18.3 Å². The van der Waals surface area contributed by atoms with Crippen LogP contribution in [0, 0.1) is 18.6 Å². The Balaban J connectivity index is 2.35. The van der Waals surface area contributed by atoms with Gasteiger partial charge in [-0.25, -0.2) is 13.8 Å². The van der Waals surface area contributed by atoms with E-state index >= 15 is 0 Å². The van der Waals surface area contributed by atoms with Gasteiger partial charge in [0.1, 0.15) is 11.4 Å². The van der Waals surface area contributed by atoms with Gasteiger partial charge in [0.2, 0.25) is 11.8 Å². The Hall–Kier alpha value is -2.77. The van der Waals surface area contributed by atoms with Crippen LogP contribution < -0.4 is 15.8 Å². The zero-order valence-electron chi connectivity index (χ0n) is 11.3. The average molecular weight is 294 g/mol. The first-order valence-electron chi connectivity index (χ1n) is 5.87. The lowest BCUT2D eigenvalue weighted by Gasteiger charge is -2.08. The minimum absolute atomic E-state index is 0.127. The number of aromatic nitrogens is 2. The Morgan fingerprint density at radius 2 is 2.05 bits per heavy atom. The number of anilines is 2. The molecule has 0 aliphatic heterocycles. The van der Waals surface area contributed by atoms with Crippen LogP contribution in [-0.4, -0.2) is 23.0 Å². The minimum atomic E-state index is -1.13. The molecular formula is C13H12F2N4O2. The number of amides is 1. The van der Waals surface area contributed by atoms with Crippen LogP contribution in [0.25, 0.3) is 0 Å². The number of halogens is 2. The van der Waals surface area contributed by atoms with Crippen molar-refractivity contribution in [2.45, 2.75) is 6.92 Å². The molecule has 1 amide bonds. The van der Waals surface area contributed by atoms with E-state index in [1.54, 1.807) is 6.92 Å². The molecule has 0 radical (unpaired) electrons. The van der Waals surface area contributed by atoms with E-state index in [2.05, 4.69) is 15.3 Å².